The molecule has 29 heavy (non-hydrogen) atoms. The Bertz CT molecular complexity index is 861. The van der Waals surface area contributed by atoms with Crippen LogP contribution >= 0.6 is 0 Å². The number of nitrogens with one attached hydrogen (secondary N) is 1. The van der Waals surface area contributed by atoms with Crippen LogP contribution in [0, 0.1) is 28.1 Å². The Kier molecular flexibility index (Phi) is 4.05. The predicted molar refractivity (Wildman–Crippen MR) is 117 cm³/mol. The molecule has 4 atom stereocenters. The van der Waals surface area contributed by atoms with E-state index in [1.807, 2.05) is 0 Å². The van der Waals surface area contributed by atoms with Gasteiger partial charge in [-0.3, -0.25) is 0 Å². The van der Waals surface area contributed by atoms with Crippen LogP contribution in [0.3, 0.4) is 0 Å². The Morgan fingerprint density at radius 2 is 1.48 bits per heavy atom. The van der Waals surface area contributed by atoms with Gasteiger partial charge in [-0.05, 0) is 0 Å². The van der Waals surface area contributed by atoms with Gasteiger partial charge in [0.25, 0.3) is 0 Å². The van der Waals surface area contributed by atoms with Crippen LogP contribution in [-0.4, -0.2) is 5.91 Å². The third kappa shape index (κ3) is 2.67. The summed E-state index contributed by atoms with van der Waals surface area (Å²) in [5.41, 5.74) is 5.27. The molecule has 4 saturated carbocycles. The Morgan fingerprint density at radius 3 is 1.90 bits per heavy atom. The summed E-state index contributed by atoms with van der Waals surface area (Å²) in [6.07, 6.45) is 7.50. The van der Waals surface area contributed by atoms with Gasteiger partial charge in [-0.2, -0.15) is 0 Å². The molecule has 1 amide bonds. The average molecular weight is 431 g/mol. The van der Waals surface area contributed by atoms with E-state index in [4.69, 9.17) is 0 Å². The van der Waals surface area contributed by atoms with E-state index in [1.165, 1.54) is 40.7 Å². The van der Waals surface area contributed by atoms with Gasteiger partial charge in [-0.1, -0.05) is 0 Å². The minimum absolute atomic E-state index is 0.0757. The molecule has 0 spiro atoms. The summed E-state index contributed by atoms with van der Waals surface area (Å²) in [6, 6.07) is 0. The molecule has 0 aromatic rings. The molecule has 6 rings (SSSR count). The molecule has 6 aliphatic rings. The van der Waals surface area contributed by atoms with Crippen LogP contribution in [0.25, 0.3) is 0 Å². The number of rotatable bonds is 3. The second-order valence-electron chi connectivity index (χ2n) is 13.4. The van der Waals surface area contributed by atoms with Gasteiger partial charge in [0.1, 0.15) is 0 Å². The minimum atomic E-state index is -2.63. The first kappa shape index (κ1) is 20.6. The van der Waals surface area contributed by atoms with Gasteiger partial charge in [0.2, 0.25) is 0 Å². The van der Waals surface area contributed by atoms with Crippen molar-refractivity contribution in [1.82, 2.24) is 3.80 Å². The van der Waals surface area contributed by atoms with Crippen LogP contribution in [-0.2, 0) is 21.6 Å². The topological polar surface area (TPSA) is 29.1 Å². The van der Waals surface area contributed by atoms with Gasteiger partial charge < -0.3 is 0 Å². The molecule has 2 nitrogen and oxygen atoms in total. The van der Waals surface area contributed by atoms with Gasteiger partial charge in [-0.15, -0.1) is 0 Å². The summed E-state index contributed by atoms with van der Waals surface area (Å²) in [7, 11) is 0. The van der Waals surface area contributed by atoms with E-state index in [0.29, 0.717) is 26.4 Å². The van der Waals surface area contributed by atoms with Crippen molar-refractivity contribution in [1.29, 1.82) is 0 Å². The second-order valence-corrected chi connectivity index (χ2v) is 20.1. The first-order valence-electron chi connectivity index (χ1n) is 12.0. The van der Waals surface area contributed by atoms with Crippen molar-refractivity contribution in [2.24, 2.45) is 28.1 Å². The van der Waals surface area contributed by atoms with Crippen molar-refractivity contribution in [3.8, 4) is 0 Å². The quantitative estimate of drug-likeness (QED) is 0.476. The molecule has 0 aromatic carbocycles. The summed E-state index contributed by atoms with van der Waals surface area (Å²) < 4.78 is 7.25. The van der Waals surface area contributed by atoms with E-state index < -0.39 is 16.8 Å². The molecular weight excluding hydrogens is 390 g/mol. The Balaban J connectivity index is 1.49. The fraction of sp³-hybridized carbons (Fsp3) is 0.808. The number of carbonyl (C=O) groups excluding carboxylic acids is 1. The van der Waals surface area contributed by atoms with Gasteiger partial charge in [0.15, 0.2) is 0 Å². The predicted octanol–water partition coefficient (Wildman–Crippen LogP) is 7.06. The zero-order valence-electron chi connectivity index (χ0n) is 20.0. The van der Waals surface area contributed by atoms with E-state index in [1.54, 1.807) is 3.88 Å². The zero-order valence-corrected chi connectivity index (χ0v) is 21.6. The Hall–Kier alpha value is -0.336. The standard InChI is InChI=1S/C13H21NO.C9H13.C4H8.Ti/c1-11-3-9-4-12(2,6-11)8-13(5-9,7-11)10(14)15;1-6-5-7(2)9(4)8(6)3;1-4(2)3;/h9H,3-8H2,1-2H3,(H2,14,15);6H,1-4H3;1H2,2-3H3;/q;;;+1/p-1. The summed E-state index contributed by atoms with van der Waals surface area (Å²) in [4.78, 5) is 14.2. The van der Waals surface area contributed by atoms with Crippen molar-refractivity contribution in [3.05, 3.63) is 20.6 Å². The van der Waals surface area contributed by atoms with E-state index in [2.05, 4.69) is 59.2 Å². The Morgan fingerprint density at radius 1 is 0.931 bits per heavy atom. The number of hydrogen-bond acceptors (Lipinski definition) is 1. The second kappa shape index (κ2) is 5.72. The molecule has 1 heterocycles. The van der Waals surface area contributed by atoms with Crippen LogP contribution in [0.4, 0.5) is 0 Å². The van der Waals surface area contributed by atoms with Crippen molar-refractivity contribution in [2.75, 3.05) is 0 Å². The van der Waals surface area contributed by atoms with Gasteiger partial charge in [0.05, 0.1) is 0 Å². The summed E-state index contributed by atoms with van der Waals surface area (Å²) in [5, 5.41) is 0. The SMILES string of the molecule is CC1=C(C)C(C)[C]([Ti]2([NH]C(=O)C34CC5CC(C)(CC(C)(C5)C3)C4)[CH2][C]2(C)C)=C1C. The van der Waals surface area contributed by atoms with Crippen molar-refractivity contribution >= 4 is 5.91 Å². The summed E-state index contributed by atoms with van der Waals surface area (Å²) in [6.45, 7) is 19.2. The molecule has 0 radical (unpaired) electrons. The molecule has 160 valence electrons. The number of carbonyl (C=O) groups is 1. The number of hydrogen-bond donors (Lipinski definition) is 1. The first-order valence-corrected chi connectivity index (χ1v) is 15.4. The average Bonchev–Trinajstić information content (AvgIpc) is 3.03. The third-order valence-corrected chi connectivity index (χ3v) is 19.4. The normalized spacial score (nSPS) is 49.8. The molecule has 5 fully saturated rings. The van der Waals surface area contributed by atoms with E-state index in [-0.39, 0.29) is 5.41 Å². The van der Waals surface area contributed by atoms with E-state index >= 15 is 0 Å². The molecule has 4 bridgehead atoms. The summed E-state index contributed by atoms with van der Waals surface area (Å²) >= 11 is -2.63. The molecule has 4 unspecified atom stereocenters. The fourth-order valence-electron chi connectivity index (χ4n) is 9.44. The molecule has 1 saturated heterocycles. The number of allylic oxidation sites excluding steroid dienone is 4. The molecular formula is C26H41NOTi. The van der Waals surface area contributed by atoms with Gasteiger partial charge in [-0.25, -0.2) is 0 Å². The monoisotopic (exact) mass is 431 g/mol. The maximum absolute atomic E-state index is 14.2. The van der Waals surface area contributed by atoms with Crippen molar-refractivity contribution in [2.45, 2.75) is 102 Å². The number of amides is 1. The van der Waals surface area contributed by atoms with Crippen molar-refractivity contribution < 1.29 is 21.6 Å². The third-order valence-electron chi connectivity index (χ3n) is 10.3. The van der Waals surface area contributed by atoms with Crippen LogP contribution in [0.1, 0.15) is 93.9 Å². The molecule has 3 heteroatoms. The fourth-order valence-corrected chi connectivity index (χ4v) is 18.6. The van der Waals surface area contributed by atoms with Crippen LogP contribution < -0.4 is 3.80 Å². The van der Waals surface area contributed by atoms with Crippen LogP contribution in [0.2, 0.25) is 8.45 Å². The summed E-state index contributed by atoms with van der Waals surface area (Å²) in [5.74, 6) is 1.78. The zero-order chi connectivity index (χ0) is 21.2. The molecule has 0 aromatic heterocycles. The molecule has 5 aliphatic carbocycles. The van der Waals surface area contributed by atoms with Crippen LogP contribution in [0.15, 0.2) is 20.6 Å². The van der Waals surface area contributed by atoms with Gasteiger partial charge >= 0.3 is 182 Å². The van der Waals surface area contributed by atoms with Crippen LogP contribution in [0.5, 0.6) is 0 Å². The van der Waals surface area contributed by atoms with Crippen molar-refractivity contribution in [3.63, 3.8) is 0 Å². The van der Waals surface area contributed by atoms with E-state index in [0.717, 1.165) is 25.2 Å². The van der Waals surface area contributed by atoms with E-state index in [9.17, 15) is 4.79 Å². The maximum atomic E-state index is 14.2. The molecule has 1 N–H and O–H groups in total. The Labute approximate surface area is 182 Å². The molecule has 1 aliphatic heterocycles. The van der Waals surface area contributed by atoms with Gasteiger partial charge in [0, 0.05) is 0 Å². The first-order chi connectivity index (χ1) is 13.3.